The highest BCUT2D eigenvalue weighted by Gasteiger charge is 2.26. The monoisotopic (exact) mass is 800 g/mol. The molecule has 0 aromatic heterocycles. The van der Waals surface area contributed by atoms with Gasteiger partial charge in [-0.3, -0.25) is 18.6 Å². The smallest absolute Gasteiger partial charge is 0.462 e. The third kappa shape index (κ3) is 41.9. The number of unbranched alkanes of at least 4 members (excludes halogenated alkanes) is 26. The van der Waals surface area contributed by atoms with E-state index >= 15 is 0 Å². The van der Waals surface area contributed by atoms with Crippen molar-refractivity contribution < 1.29 is 37.6 Å². The normalized spacial score (nSPS) is 13.5. The third-order valence-corrected chi connectivity index (χ3v) is 10.8. The molecule has 324 valence electrons. The van der Waals surface area contributed by atoms with Gasteiger partial charge < -0.3 is 20.1 Å². The number of carbonyl (C=O) groups is 2. The predicted molar refractivity (Wildman–Crippen MR) is 229 cm³/mol. The van der Waals surface area contributed by atoms with Crippen LogP contribution in [0, 0.1) is 0 Å². The average molecular weight is 800 g/mol. The van der Waals surface area contributed by atoms with Crippen molar-refractivity contribution in [1.82, 2.24) is 0 Å². The van der Waals surface area contributed by atoms with E-state index in [0.29, 0.717) is 6.42 Å². The number of hydrogen-bond donors (Lipinski definition) is 2. The van der Waals surface area contributed by atoms with Gasteiger partial charge in [0.25, 0.3) is 0 Å². The molecule has 0 spiro atoms. The predicted octanol–water partition coefficient (Wildman–Crippen LogP) is 13.2. The Labute approximate surface area is 338 Å². The molecule has 0 aromatic carbocycles. The Hall–Kier alpha value is -1.51. The fourth-order valence-electron chi connectivity index (χ4n) is 6.39. The maximum absolute atomic E-state index is 12.6. The lowest BCUT2D eigenvalue weighted by molar-refractivity contribution is -0.161. The second-order valence-corrected chi connectivity index (χ2v) is 16.7. The molecule has 55 heavy (non-hydrogen) atoms. The maximum Gasteiger partial charge on any atom is 0.472 e. The fraction of sp³-hybridized carbons (Fsp3) is 0.867. The summed E-state index contributed by atoms with van der Waals surface area (Å²) in [5, 5.41) is 0. The van der Waals surface area contributed by atoms with E-state index in [2.05, 4.69) is 38.2 Å². The molecule has 0 aliphatic rings. The minimum absolute atomic E-state index is 0.0532. The van der Waals surface area contributed by atoms with Crippen LogP contribution in [0.15, 0.2) is 24.3 Å². The number of allylic oxidation sites excluding steroid dienone is 4. The van der Waals surface area contributed by atoms with Crippen molar-refractivity contribution in [3.05, 3.63) is 24.3 Å². The number of nitrogens with two attached hydrogens (primary N) is 1. The van der Waals surface area contributed by atoms with Gasteiger partial charge in [0, 0.05) is 19.4 Å². The summed E-state index contributed by atoms with van der Waals surface area (Å²) in [7, 11) is -4.38. The van der Waals surface area contributed by atoms with Gasteiger partial charge in [-0.1, -0.05) is 167 Å². The Bertz CT molecular complexity index is 959. The van der Waals surface area contributed by atoms with Crippen LogP contribution in [0.1, 0.15) is 219 Å². The number of esters is 2. The van der Waals surface area contributed by atoms with Gasteiger partial charge >= 0.3 is 19.8 Å². The first-order valence-electron chi connectivity index (χ1n) is 22.8. The Morgan fingerprint density at radius 3 is 1.31 bits per heavy atom. The minimum atomic E-state index is -4.38. The number of phosphoric ester groups is 1. The molecule has 0 fully saturated rings. The molecular weight excluding hydrogens is 713 g/mol. The van der Waals surface area contributed by atoms with Crippen LogP contribution in [-0.2, 0) is 32.7 Å². The maximum atomic E-state index is 12.6. The number of phosphoric acid groups is 1. The standard InChI is InChI=1S/C45H86NO8P/c1-3-5-7-9-11-13-15-17-18-19-20-21-22-23-24-26-27-29-31-33-35-37-44(47)51-41-43(42-53-55(49,50)52-40-39-46)54-45(48)38-36-34-32-30-28-25-16-14-12-10-8-6-4-2/h14,16-18,43H,3-13,15,19-42,46H2,1-2H3,(H,49,50)/t43-/m1/s1. The molecule has 0 heterocycles. The highest BCUT2D eigenvalue weighted by molar-refractivity contribution is 7.47. The van der Waals surface area contributed by atoms with Crippen LogP contribution >= 0.6 is 7.82 Å². The number of hydrogen-bond acceptors (Lipinski definition) is 8. The zero-order valence-electron chi connectivity index (χ0n) is 35.7. The van der Waals surface area contributed by atoms with Gasteiger partial charge in [0.1, 0.15) is 6.61 Å². The van der Waals surface area contributed by atoms with Crippen LogP contribution in [0.25, 0.3) is 0 Å². The van der Waals surface area contributed by atoms with Gasteiger partial charge in [-0.05, 0) is 64.2 Å². The summed E-state index contributed by atoms with van der Waals surface area (Å²) in [5.41, 5.74) is 5.35. The number of carbonyl (C=O) groups excluding carboxylic acids is 2. The van der Waals surface area contributed by atoms with E-state index in [1.54, 1.807) is 0 Å². The minimum Gasteiger partial charge on any atom is -0.462 e. The average Bonchev–Trinajstić information content (AvgIpc) is 3.17. The Morgan fingerprint density at radius 1 is 0.527 bits per heavy atom. The lowest BCUT2D eigenvalue weighted by Gasteiger charge is -2.19. The summed E-state index contributed by atoms with van der Waals surface area (Å²) in [6.45, 7) is 3.72. The van der Waals surface area contributed by atoms with Crippen molar-refractivity contribution in [3.63, 3.8) is 0 Å². The van der Waals surface area contributed by atoms with Crippen LogP contribution in [0.4, 0.5) is 0 Å². The van der Waals surface area contributed by atoms with Gasteiger partial charge in [-0.15, -0.1) is 0 Å². The van der Waals surface area contributed by atoms with E-state index in [1.165, 1.54) is 135 Å². The van der Waals surface area contributed by atoms with Gasteiger partial charge in [-0.2, -0.15) is 0 Å². The Kier molecular flexibility index (Phi) is 40.9. The lowest BCUT2D eigenvalue weighted by Crippen LogP contribution is -2.29. The number of ether oxygens (including phenoxy) is 2. The van der Waals surface area contributed by atoms with Gasteiger partial charge in [0.05, 0.1) is 13.2 Å². The Morgan fingerprint density at radius 2 is 0.891 bits per heavy atom. The van der Waals surface area contributed by atoms with E-state index in [-0.39, 0.29) is 38.6 Å². The molecule has 0 aliphatic carbocycles. The van der Waals surface area contributed by atoms with E-state index in [4.69, 9.17) is 24.3 Å². The second-order valence-electron chi connectivity index (χ2n) is 15.3. The molecule has 0 bridgehead atoms. The molecule has 0 rings (SSSR count). The molecule has 1 unspecified atom stereocenters. The zero-order chi connectivity index (χ0) is 40.3. The van der Waals surface area contributed by atoms with Gasteiger partial charge in [-0.25, -0.2) is 4.57 Å². The Balaban J connectivity index is 4.06. The van der Waals surface area contributed by atoms with Crippen molar-refractivity contribution in [2.24, 2.45) is 5.73 Å². The molecule has 0 radical (unpaired) electrons. The van der Waals surface area contributed by atoms with Gasteiger partial charge in [0.2, 0.25) is 0 Å². The summed E-state index contributed by atoms with van der Waals surface area (Å²) in [4.78, 5) is 34.9. The molecule has 0 aliphatic heterocycles. The first-order valence-corrected chi connectivity index (χ1v) is 24.3. The number of rotatable bonds is 43. The molecule has 0 saturated heterocycles. The topological polar surface area (TPSA) is 134 Å². The van der Waals surface area contributed by atoms with E-state index in [9.17, 15) is 19.0 Å². The zero-order valence-corrected chi connectivity index (χ0v) is 36.6. The van der Waals surface area contributed by atoms with Crippen LogP contribution in [0.2, 0.25) is 0 Å². The molecule has 3 N–H and O–H groups in total. The summed E-state index contributed by atoms with van der Waals surface area (Å²) in [5.74, 6) is -0.833. The van der Waals surface area contributed by atoms with E-state index < -0.39 is 26.5 Å². The summed E-state index contributed by atoms with van der Waals surface area (Å²) in [6, 6.07) is 0. The highest BCUT2D eigenvalue weighted by Crippen LogP contribution is 2.43. The van der Waals surface area contributed by atoms with Crippen molar-refractivity contribution >= 4 is 19.8 Å². The summed E-state index contributed by atoms with van der Waals surface area (Å²) >= 11 is 0. The van der Waals surface area contributed by atoms with Crippen LogP contribution in [0.3, 0.4) is 0 Å². The quantitative estimate of drug-likeness (QED) is 0.0267. The molecule has 10 heteroatoms. The fourth-order valence-corrected chi connectivity index (χ4v) is 7.15. The van der Waals surface area contributed by atoms with Crippen molar-refractivity contribution in [3.8, 4) is 0 Å². The highest BCUT2D eigenvalue weighted by atomic mass is 31.2. The summed E-state index contributed by atoms with van der Waals surface area (Å²) in [6.07, 6.45) is 45.0. The van der Waals surface area contributed by atoms with Crippen LogP contribution < -0.4 is 5.73 Å². The largest absolute Gasteiger partial charge is 0.472 e. The lowest BCUT2D eigenvalue weighted by atomic mass is 10.0. The molecule has 0 amide bonds. The summed E-state index contributed by atoms with van der Waals surface area (Å²) < 4.78 is 32.8. The SMILES string of the molecule is CCCCCCC=CCCCCCCCC(=O)O[C@H](COC(=O)CCCCCCCCCCCCCC=CCCCCCCCC)COP(=O)(O)OCCN. The molecule has 0 saturated carbocycles. The first-order chi connectivity index (χ1) is 26.8. The second kappa shape index (κ2) is 42.1. The molecule has 0 aromatic rings. The van der Waals surface area contributed by atoms with Crippen LogP contribution in [-0.4, -0.2) is 49.3 Å². The van der Waals surface area contributed by atoms with Crippen LogP contribution in [0.5, 0.6) is 0 Å². The third-order valence-electron chi connectivity index (χ3n) is 9.81. The van der Waals surface area contributed by atoms with Crippen molar-refractivity contribution in [1.29, 1.82) is 0 Å². The van der Waals surface area contributed by atoms with E-state index in [1.807, 2.05) is 0 Å². The molecule has 2 atom stereocenters. The van der Waals surface area contributed by atoms with E-state index in [0.717, 1.165) is 51.4 Å². The molecule has 9 nitrogen and oxygen atoms in total. The van der Waals surface area contributed by atoms with Crippen molar-refractivity contribution in [2.45, 2.75) is 225 Å². The molecular formula is C45H86NO8P. The first kappa shape index (κ1) is 53.5. The van der Waals surface area contributed by atoms with Gasteiger partial charge in [0.15, 0.2) is 6.10 Å². The van der Waals surface area contributed by atoms with Crippen molar-refractivity contribution in [2.75, 3.05) is 26.4 Å².